The topological polar surface area (TPSA) is 38.7 Å². The Hall–Kier alpha value is -0.900. The lowest BCUT2D eigenvalue weighted by Gasteiger charge is -2.22. The highest BCUT2D eigenvalue weighted by atomic mass is 16.6. The van der Waals surface area contributed by atoms with Crippen LogP contribution in [-0.2, 0) is 16.1 Å². The van der Waals surface area contributed by atoms with Crippen molar-refractivity contribution in [2.45, 2.75) is 85.2 Å². The maximum Gasteiger partial charge on any atom is 0.0890 e. The van der Waals surface area contributed by atoms with E-state index in [4.69, 9.17) is 9.47 Å². The molecule has 1 aromatic carbocycles. The van der Waals surface area contributed by atoms with E-state index in [-0.39, 0.29) is 6.10 Å². The summed E-state index contributed by atoms with van der Waals surface area (Å²) in [4.78, 5) is 0. The summed E-state index contributed by atoms with van der Waals surface area (Å²) < 4.78 is 11.3. The van der Waals surface area contributed by atoms with Crippen molar-refractivity contribution in [1.29, 1.82) is 0 Å². The standard InChI is InChI=1S/C14H20O3.C4H10.C2H6/c1-14(2)13(15)8-12(17-14)10-16-9-11-6-4-3-5-7-11;1-3-4-2;1-2/h3-7,12-13,15H,8-10H2,1-2H3;3-4H2,1-2H3;1-2H3. The van der Waals surface area contributed by atoms with Gasteiger partial charge in [0.2, 0.25) is 0 Å². The second-order valence-electron chi connectivity index (χ2n) is 6.10. The predicted octanol–water partition coefficient (Wildman–Crippen LogP) is 4.96. The van der Waals surface area contributed by atoms with Gasteiger partial charge in [0.15, 0.2) is 0 Å². The van der Waals surface area contributed by atoms with Gasteiger partial charge in [-0.05, 0) is 19.4 Å². The van der Waals surface area contributed by atoms with Crippen molar-refractivity contribution in [1.82, 2.24) is 0 Å². The van der Waals surface area contributed by atoms with Crippen molar-refractivity contribution in [2.75, 3.05) is 6.61 Å². The first kappa shape index (κ1) is 22.1. The first-order valence-electron chi connectivity index (χ1n) is 8.97. The van der Waals surface area contributed by atoms with Crippen molar-refractivity contribution in [3.63, 3.8) is 0 Å². The molecule has 1 aliphatic rings. The van der Waals surface area contributed by atoms with Crippen LogP contribution in [0.2, 0.25) is 0 Å². The van der Waals surface area contributed by atoms with Gasteiger partial charge in [-0.25, -0.2) is 0 Å². The monoisotopic (exact) mass is 324 g/mol. The quantitative estimate of drug-likeness (QED) is 0.831. The maximum absolute atomic E-state index is 9.76. The number of rotatable bonds is 5. The number of hydrogen-bond acceptors (Lipinski definition) is 3. The molecule has 0 aromatic heterocycles. The third-order valence-corrected chi connectivity index (χ3v) is 3.67. The van der Waals surface area contributed by atoms with Crippen molar-refractivity contribution in [3.8, 4) is 0 Å². The highest BCUT2D eigenvalue weighted by molar-refractivity contribution is 5.13. The minimum Gasteiger partial charge on any atom is -0.390 e. The average Bonchev–Trinajstić information content (AvgIpc) is 2.83. The lowest BCUT2D eigenvalue weighted by atomic mass is 10.0. The molecule has 1 saturated heterocycles. The summed E-state index contributed by atoms with van der Waals surface area (Å²) in [6.45, 7) is 13.3. The Kier molecular flexibility index (Phi) is 12.0. The number of unbranched alkanes of at least 4 members (excludes halogenated alkanes) is 1. The molecule has 0 saturated carbocycles. The van der Waals surface area contributed by atoms with Crippen molar-refractivity contribution >= 4 is 0 Å². The van der Waals surface area contributed by atoms with E-state index in [1.807, 2.05) is 58.0 Å². The first-order chi connectivity index (χ1) is 11.0. The Balaban J connectivity index is 0.000000705. The molecule has 3 heteroatoms. The molecular weight excluding hydrogens is 288 g/mol. The summed E-state index contributed by atoms with van der Waals surface area (Å²) in [5.41, 5.74) is 0.714. The van der Waals surface area contributed by atoms with Crippen LogP contribution in [0.1, 0.15) is 66.4 Å². The second kappa shape index (κ2) is 12.5. The maximum atomic E-state index is 9.76. The fourth-order valence-corrected chi connectivity index (χ4v) is 2.07. The third-order valence-electron chi connectivity index (χ3n) is 3.67. The van der Waals surface area contributed by atoms with Crippen LogP contribution in [0.15, 0.2) is 30.3 Å². The van der Waals surface area contributed by atoms with Crippen LogP contribution >= 0.6 is 0 Å². The van der Waals surface area contributed by atoms with Gasteiger partial charge in [-0.15, -0.1) is 0 Å². The SMILES string of the molecule is CC.CC1(C)OC(COCc2ccccc2)CC1O.CCCC. The Morgan fingerprint density at radius 3 is 2.13 bits per heavy atom. The summed E-state index contributed by atoms with van der Waals surface area (Å²) in [5.74, 6) is 0. The van der Waals surface area contributed by atoms with Gasteiger partial charge in [-0.2, -0.15) is 0 Å². The smallest absolute Gasteiger partial charge is 0.0890 e. The number of aliphatic hydroxyl groups excluding tert-OH is 1. The van der Waals surface area contributed by atoms with Gasteiger partial charge in [-0.1, -0.05) is 70.9 Å². The third kappa shape index (κ3) is 9.09. The molecular formula is C20H36O3. The summed E-state index contributed by atoms with van der Waals surface area (Å²) >= 11 is 0. The van der Waals surface area contributed by atoms with E-state index in [0.29, 0.717) is 19.6 Å². The zero-order chi connectivity index (χ0) is 17.7. The Morgan fingerprint density at radius 1 is 1.13 bits per heavy atom. The minimum atomic E-state index is -0.444. The van der Waals surface area contributed by atoms with E-state index in [2.05, 4.69) is 13.8 Å². The van der Waals surface area contributed by atoms with E-state index >= 15 is 0 Å². The molecule has 1 fully saturated rings. The van der Waals surface area contributed by atoms with Crippen LogP contribution in [0, 0.1) is 0 Å². The fraction of sp³-hybridized carbons (Fsp3) is 0.700. The van der Waals surface area contributed by atoms with Gasteiger partial charge in [0, 0.05) is 6.42 Å². The summed E-state index contributed by atoms with van der Waals surface area (Å²) in [6, 6.07) is 10.1. The van der Waals surface area contributed by atoms with Gasteiger partial charge < -0.3 is 14.6 Å². The molecule has 23 heavy (non-hydrogen) atoms. The number of aliphatic hydroxyl groups is 1. The van der Waals surface area contributed by atoms with Crippen LogP contribution in [0.5, 0.6) is 0 Å². The Morgan fingerprint density at radius 2 is 1.70 bits per heavy atom. The molecule has 2 atom stereocenters. The number of ether oxygens (including phenoxy) is 2. The number of hydrogen-bond donors (Lipinski definition) is 1. The first-order valence-corrected chi connectivity index (χ1v) is 8.97. The second-order valence-corrected chi connectivity index (χ2v) is 6.10. The molecule has 0 aliphatic carbocycles. The number of benzene rings is 1. The molecule has 0 bridgehead atoms. The van der Waals surface area contributed by atoms with Gasteiger partial charge in [-0.3, -0.25) is 0 Å². The Labute approximate surface area is 143 Å². The van der Waals surface area contributed by atoms with Crippen molar-refractivity contribution < 1.29 is 14.6 Å². The normalized spacial score (nSPS) is 21.7. The molecule has 0 radical (unpaired) electrons. The fourth-order valence-electron chi connectivity index (χ4n) is 2.07. The molecule has 1 aliphatic heterocycles. The van der Waals surface area contributed by atoms with E-state index in [1.54, 1.807) is 0 Å². The van der Waals surface area contributed by atoms with Crippen LogP contribution in [0.25, 0.3) is 0 Å². The zero-order valence-electron chi connectivity index (χ0n) is 15.8. The molecule has 2 rings (SSSR count). The highest BCUT2D eigenvalue weighted by Gasteiger charge is 2.40. The van der Waals surface area contributed by atoms with Gasteiger partial charge in [0.05, 0.1) is 31.0 Å². The van der Waals surface area contributed by atoms with Crippen LogP contribution in [0.3, 0.4) is 0 Å². The van der Waals surface area contributed by atoms with Gasteiger partial charge in [0.1, 0.15) is 0 Å². The average molecular weight is 325 g/mol. The van der Waals surface area contributed by atoms with Crippen LogP contribution in [-0.4, -0.2) is 29.5 Å². The van der Waals surface area contributed by atoms with Crippen LogP contribution < -0.4 is 0 Å². The zero-order valence-corrected chi connectivity index (χ0v) is 15.8. The minimum absolute atomic E-state index is 0.00344. The summed E-state index contributed by atoms with van der Waals surface area (Å²) in [5, 5.41) is 9.76. The molecule has 1 aromatic rings. The molecule has 0 amide bonds. The molecule has 0 spiro atoms. The molecule has 134 valence electrons. The van der Waals surface area contributed by atoms with Gasteiger partial charge in [0.25, 0.3) is 0 Å². The summed E-state index contributed by atoms with van der Waals surface area (Å²) in [7, 11) is 0. The van der Waals surface area contributed by atoms with Gasteiger partial charge >= 0.3 is 0 Å². The van der Waals surface area contributed by atoms with Crippen molar-refractivity contribution in [2.24, 2.45) is 0 Å². The van der Waals surface area contributed by atoms with E-state index in [0.717, 1.165) is 5.56 Å². The molecule has 2 unspecified atom stereocenters. The Bertz CT molecular complexity index is 374. The molecule has 3 nitrogen and oxygen atoms in total. The van der Waals surface area contributed by atoms with Crippen LogP contribution in [0.4, 0.5) is 0 Å². The predicted molar refractivity (Wildman–Crippen MR) is 97.6 cm³/mol. The van der Waals surface area contributed by atoms with E-state index in [9.17, 15) is 5.11 Å². The largest absolute Gasteiger partial charge is 0.390 e. The van der Waals surface area contributed by atoms with Crippen molar-refractivity contribution in [3.05, 3.63) is 35.9 Å². The lowest BCUT2D eigenvalue weighted by molar-refractivity contribution is -0.0790. The van der Waals surface area contributed by atoms with E-state index < -0.39 is 11.7 Å². The highest BCUT2D eigenvalue weighted by Crippen LogP contribution is 2.30. The lowest BCUT2D eigenvalue weighted by Crippen LogP contribution is -2.31. The summed E-state index contributed by atoms with van der Waals surface area (Å²) in [6.07, 6.45) is 2.90. The van der Waals surface area contributed by atoms with E-state index in [1.165, 1.54) is 12.8 Å². The molecule has 1 heterocycles. The molecule has 1 N–H and O–H groups in total.